The van der Waals surface area contributed by atoms with E-state index in [1.54, 1.807) is 0 Å². The summed E-state index contributed by atoms with van der Waals surface area (Å²) in [5.74, 6) is 0.870. The van der Waals surface area contributed by atoms with Crippen LogP contribution in [0.15, 0.2) is 54.6 Å². The smallest absolute Gasteiger partial charge is 0.232 e. The van der Waals surface area contributed by atoms with Gasteiger partial charge in [0.15, 0.2) is 0 Å². The van der Waals surface area contributed by atoms with Crippen molar-refractivity contribution in [3.05, 3.63) is 60.2 Å². The third-order valence-electron chi connectivity index (χ3n) is 4.16. The molecule has 0 bridgehead atoms. The highest BCUT2D eigenvalue weighted by molar-refractivity contribution is 5.96. The molecular weight excluding hydrogens is 336 g/mol. The van der Waals surface area contributed by atoms with Crippen molar-refractivity contribution in [3.8, 4) is 5.75 Å². The van der Waals surface area contributed by atoms with Gasteiger partial charge in [-0.15, -0.1) is 12.4 Å². The highest BCUT2D eigenvalue weighted by Gasteiger charge is 2.25. The van der Waals surface area contributed by atoms with Gasteiger partial charge in [-0.3, -0.25) is 4.79 Å². The Morgan fingerprint density at radius 1 is 1.12 bits per heavy atom. The summed E-state index contributed by atoms with van der Waals surface area (Å²) in [4.78, 5) is 12.8. The molecule has 0 aliphatic heterocycles. The maximum Gasteiger partial charge on any atom is 0.232 e. The van der Waals surface area contributed by atoms with Crippen LogP contribution < -0.4 is 15.8 Å². The topological polar surface area (TPSA) is 64.3 Å². The highest BCUT2D eigenvalue weighted by atomic mass is 35.5. The molecule has 0 heterocycles. The van der Waals surface area contributed by atoms with Crippen molar-refractivity contribution in [1.82, 2.24) is 0 Å². The van der Waals surface area contributed by atoms with Crippen LogP contribution in [0.2, 0.25) is 0 Å². The van der Waals surface area contributed by atoms with Crippen LogP contribution in [0.5, 0.6) is 5.75 Å². The van der Waals surface area contributed by atoms with E-state index in [0.29, 0.717) is 13.2 Å². The Balaban J connectivity index is 0.00000312. The molecule has 3 N–H and O–H groups in total. The molecule has 0 fully saturated rings. The maximum atomic E-state index is 12.8. The van der Waals surface area contributed by atoms with Gasteiger partial charge in [-0.25, -0.2) is 0 Å². The van der Waals surface area contributed by atoms with Gasteiger partial charge in [0, 0.05) is 12.2 Å². The Bertz CT molecular complexity index is 632. The first kappa shape index (κ1) is 21.0. The van der Waals surface area contributed by atoms with Crippen molar-refractivity contribution < 1.29 is 9.53 Å². The van der Waals surface area contributed by atoms with Gasteiger partial charge in [0.2, 0.25) is 5.91 Å². The summed E-state index contributed by atoms with van der Waals surface area (Å²) in [6.07, 6.45) is 0.943. The number of benzene rings is 2. The standard InChI is InChI=1S/C20H26N2O2.ClH/c1-3-15(2)19(16-7-5-4-6-8-16)20(23)22-17-9-11-18(12-10-17)24-14-13-21;/h4-12,15,19H,3,13-14,21H2,1-2H3,(H,22,23);1H. The molecule has 2 rings (SSSR count). The van der Waals surface area contributed by atoms with Crippen molar-refractivity contribution >= 4 is 24.0 Å². The largest absolute Gasteiger partial charge is 0.492 e. The Kier molecular flexibility index (Phi) is 9.03. The monoisotopic (exact) mass is 362 g/mol. The fourth-order valence-corrected chi connectivity index (χ4v) is 2.67. The van der Waals surface area contributed by atoms with Crippen LogP contribution in [0.4, 0.5) is 5.69 Å². The molecule has 0 saturated carbocycles. The minimum Gasteiger partial charge on any atom is -0.492 e. The summed E-state index contributed by atoms with van der Waals surface area (Å²) in [5.41, 5.74) is 7.24. The van der Waals surface area contributed by atoms with Gasteiger partial charge in [0.1, 0.15) is 12.4 Å². The zero-order valence-electron chi connectivity index (χ0n) is 14.8. The second-order valence-electron chi connectivity index (χ2n) is 5.92. The highest BCUT2D eigenvalue weighted by Crippen LogP contribution is 2.28. The first-order valence-corrected chi connectivity index (χ1v) is 8.44. The number of anilines is 1. The lowest BCUT2D eigenvalue weighted by atomic mass is 9.85. The second-order valence-corrected chi connectivity index (χ2v) is 5.92. The number of hydrogen-bond acceptors (Lipinski definition) is 3. The van der Waals surface area contributed by atoms with Crippen LogP contribution in [0.25, 0.3) is 0 Å². The third-order valence-corrected chi connectivity index (χ3v) is 4.16. The van der Waals surface area contributed by atoms with Crippen molar-refractivity contribution in [3.63, 3.8) is 0 Å². The van der Waals surface area contributed by atoms with E-state index in [-0.39, 0.29) is 30.2 Å². The molecule has 2 unspecified atom stereocenters. The van der Waals surface area contributed by atoms with Crippen LogP contribution in [-0.2, 0) is 4.79 Å². The van der Waals surface area contributed by atoms with E-state index < -0.39 is 0 Å². The lowest BCUT2D eigenvalue weighted by molar-refractivity contribution is -0.118. The van der Waals surface area contributed by atoms with Gasteiger partial charge in [0.25, 0.3) is 0 Å². The van der Waals surface area contributed by atoms with Crippen LogP contribution >= 0.6 is 12.4 Å². The van der Waals surface area contributed by atoms with Crippen LogP contribution in [-0.4, -0.2) is 19.1 Å². The first-order chi connectivity index (χ1) is 11.7. The summed E-state index contributed by atoms with van der Waals surface area (Å²) < 4.78 is 5.45. The molecule has 0 aliphatic carbocycles. The average molecular weight is 363 g/mol. The van der Waals surface area contributed by atoms with Gasteiger partial charge >= 0.3 is 0 Å². The molecular formula is C20H27ClN2O2. The Hall–Kier alpha value is -2.04. The van der Waals surface area contributed by atoms with E-state index in [9.17, 15) is 4.79 Å². The quantitative estimate of drug-likeness (QED) is 0.739. The number of ether oxygens (including phenoxy) is 1. The number of amides is 1. The number of halogens is 1. The SMILES string of the molecule is CCC(C)C(C(=O)Nc1ccc(OCCN)cc1)c1ccccc1.Cl. The fourth-order valence-electron chi connectivity index (χ4n) is 2.67. The van der Waals surface area contributed by atoms with E-state index in [1.165, 1.54) is 0 Å². The summed E-state index contributed by atoms with van der Waals surface area (Å²) in [6.45, 7) is 5.18. The molecule has 0 spiro atoms. The van der Waals surface area contributed by atoms with E-state index >= 15 is 0 Å². The molecule has 0 aromatic heterocycles. The van der Waals surface area contributed by atoms with Crippen LogP contribution in [0, 0.1) is 5.92 Å². The van der Waals surface area contributed by atoms with E-state index in [4.69, 9.17) is 10.5 Å². The minimum atomic E-state index is -0.163. The molecule has 4 nitrogen and oxygen atoms in total. The summed E-state index contributed by atoms with van der Waals surface area (Å²) in [6, 6.07) is 17.3. The number of hydrogen-bond donors (Lipinski definition) is 2. The molecule has 2 aromatic carbocycles. The first-order valence-electron chi connectivity index (χ1n) is 8.44. The zero-order valence-corrected chi connectivity index (χ0v) is 15.6. The minimum absolute atomic E-state index is 0. The summed E-state index contributed by atoms with van der Waals surface area (Å²) in [7, 11) is 0. The molecule has 25 heavy (non-hydrogen) atoms. The molecule has 136 valence electrons. The van der Waals surface area contributed by atoms with Gasteiger partial charge in [-0.2, -0.15) is 0 Å². The Labute approximate surface area is 156 Å². The maximum absolute atomic E-state index is 12.8. The number of nitrogens with one attached hydrogen (secondary N) is 1. The summed E-state index contributed by atoms with van der Waals surface area (Å²) in [5, 5.41) is 3.02. The summed E-state index contributed by atoms with van der Waals surface area (Å²) >= 11 is 0. The molecule has 2 atom stereocenters. The number of nitrogens with two attached hydrogens (primary N) is 1. The molecule has 0 radical (unpaired) electrons. The normalized spacial score (nSPS) is 12.6. The van der Waals surface area contributed by atoms with Crippen molar-refractivity contribution in [2.24, 2.45) is 11.7 Å². The number of rotatable bonds is 8. The van der Waals surface area contributed by atoms with E-state index in [0.717, 1.165) is 23.4 Å². The predicted molar refractivity (Wildman–Crippen MR) is 106 cm³/mol. The average Bonchev–Trinajstić information content (AvgIpc) is 2.62. The van der Waals surface area contributed by atoms with Crippen molar-refractivity contribution in [2.45, 2.75) is 26.2 Å². The number of carbonyl (C=O) groups is 1. The van der Waals surface area contributed by atoms with Gasteiger partial charge in [0.05, 0.1) is 5.92 Å². The van der Waals surface area contributed by atoms with Crippen LogP contribution in [0.1, 0.15) is 31.7 Å². The number of carbonyl (C=O) groups excluding carboxylic acids is 1. The van der Waals surface area contributed by atoms with Crippen molar-refractivity contribution in [2.75, 3.05) is 18.5 Å². The Morgan fingerprint density at radius 2 is 1.76 bits per heavy atom. The lowest BCUT2D eigenvalue weighted by Crippen LogP contribution is -2.26. The molecule has 2 aromatic rings. The van der Waals surface area contributed by atoms with Gasteiger partial charge in [-0.05, 0) is 35.7 Å². The van der Waals surface area contributed by atoms with Gasteiger partial charge in [-0.1, -0.05) is 50.6 Å². The second kappa shape index (κ2) is 10.7. The third kappa shape index (κ3) is 6.07. The molecule has 1 amide bonds. The molecule has 0 aliphatic rings. The lowest BCUT2D eigenvalue weighted by Gasteiger charge is -2.23. The molecule has 5 heteroatoms. The predicted octanol–water partition coefficient (Wildman–Crippen LogP) is 4.21. The molecule has 0 saturated heterocycles. The van der Waals surface area contributed by atoms with E-state index in [2.05, 4.69) is 19.2 Å². The van der Waals surface area contributed by atoms with Crippen molar-refractivity contribution in [1.29, 1.82) is 0 Å². The Morgan fingerprint density at radius 3 is 2.32 bits per heavy atom. The fraction of sp³-hybridized carbons (Fsp3) is 0.350. The van der Waals surface area contributed by atoms with Gasteiger partial charge < -0.3 is 15.8 Å². The van der Waals surface area contributed by atoms with E-state index in [1.807, 2.05) is 54.6 Å². The zero-order chi connectivity index (χ0) is 17.4. The van der Waals surface area contributed by atoms with Crippen LogP contribution in [0.3, 0.4) is 0 Å².